The van der Waals surface area contributed by atoms with Crippen LogP contribution in [0.5, 0.6) is 5.75 Å². The number of halogens is 1. The van der Waals surface area contributed by atoms with Crippen molar-refractivity contribution in [2.45, 2.75) is 19.5 Å². The van der Waals surface area contributed by atoms with Crippen LogP contribution in [0, 0.1) is 0 Å². The number of rotatable bonds is 8. The van der Waals surface area contributed by atoms with Crippen molar-refractivity contribution in [2.24, 2.45) is 0 Å². The van der Waals surface area contributed by atoms with Gasteiger partial charge in [-0.2, -0.15) is 0 Å². The van der Waals surface area contributed by atoms with Crippen LogP contribution in [0.3, 0.4) is 0 Å². The normalized spacial score (nSPS) is 12.1. The van der Waals surface area contributed by atoms with Crippen molar-refractivity contribution >= 4 is 28.9 Å². The molecule has 0 radical (unpaired) electrons. The lowest BCUT2D eigenvalue weighted by atomic mass is 10.1. The third-order valence-corrected chi connectivity index (χ3v) is 5.12. The van der Waals surface area contributed by atoms with Crippen molar-refractivity contribution in [3.8, 4) is 17.1 Å². The van der Waals surface area contributed by atoms with Gasteiger partial charge in [0.15, 0.2) is 0 Å². The van der Waals surface area contributed by atoms with Crippen molar-refractivity contribution < 1.29 is 9.84 Å². The standard InChI is InChI=1S/C22H23ClN6O2/c1-14(13-30)24-10-15-6-7-17(19(9-15)31-2)27-22-26-11-16(23)21(28-22)18-12-25-20-5-3-4-8-29(18)20/h3-9,11-12,14,24,30H,10,13H2,1-2H3,(H,26,27,28)/t14-/m1/s1. The maximum absolute atomic E-state index is 9.16. The molecular weight excluding hydrogens is 416 g/mol. The molecule has 0 aliphatic rings. The van der Waals surface area contributed by atoms with Gasteiger partial charge in [0.25, 0.3) is 0 Å². The number of anilines is 2. The van der Waals surface area contributed by atoms with Gasteiger partial charge in [-0.05, 0) is 36.8 Å². The van der Waals surface area contributed by atoms with Crippen LogP contribution in [-0.4, -0.2) is 44.2 Å². The maximum atomic E-state index is 9.16. The van der Waals surface area contributed by atoms with Gasteiger partial charge in [0, 0.05) is 18.8 Å². The second-order valence-corrected chi connectivity index (χ2v) is 7.49. The average molecular weight is 439 g/mol. The first-order valence-corrected chi connectivity index (χ1v) is 10.2. The minimum absolute atomic E-state index is 0.0179. The Labute approximate surface area is 184 Å². The number of pyridine rings is 1. The Morgan fingerprint density at radius 1 is 1.19 bits per heavy atom. The minimum atomic E-state index is 0.0179. The van der Waals surface area contributed by atoms with E-state index in [1.54, 1.807) is 19.5 Å². The molecule has 31 heavy (non-hydrogen) atoms. The molecule has 0 saturated carbocycles. The molecule has 0 amide bonds. The van der Waals surface area contributed by atoms with Crippen molar-refractivity contribution in [2.75, 3.05) is 19.0 Å². The first-order valence-electron chi connectivity index (χ1n) is 9.82. The third kappa shape index (κ3) is 4.61. The molecule has 1 aromatic carbocycles. The predicted octanol–water partition coefficient (Wildman–Crippen LogP) is 3.67. The first-order chi connectivity index (χ1) is 15.1. The van der Waals surface area contributed by atoms with Gasteiger partial charge >= 0.3 is 0 Å². The highest BCUT2D eigenvalue weighted by Gasteiger charge is 2.14. The quantitative estimate of drug-likeness (QED) is 0.386. The van der Waals surface area contributed by atoms with Crippen LogP contribution in [0.15, 0.2) is 55.0 Å². The Morgan fingerprint density at radius 3 is 2.87 bits per heavy atom. The van der Waals surface area contributed by atoms with E-state index in [0.717, 1.165) is 22.6 Å². The number of benzene rings is 1. The Bertz CT molecular complexity index is 1200. The summed E-state index contributed by atoms with van der Waals surface area (Å²) in [6.45, 7) is 2.63. The number of aliphatic hydroxyl groups excluding tert-OH is 1. The Kier molecular flexibility index (Phi) is 6.31. The molecule has 0 bridgehead atoms. The number of hydrogen-bond acceptors (Lipinski definition) is 7. The van der Waals surface area contributed by atoms with Crippen molar-refractivity contribution in [3.63, 3.8) is 0 Å². The Balaban J connectivity index is 1.60. The monoisotopic (exact) mass is 438 g/mol. The van der Waals surface area contributed by atoms with Crippen LogP contribution in [0.25, 0.3) is 17.0 Å². The zero-order chi connectivity index (χ0) is 21.8. The van der Waals surface area contributed by atoms with E-state index in [1.807, 2.05) is 53.9 Å². The van der Waals surface area contributed by atoms with Gasteiger partial charge in [-0.1, -0.05) is 23.7 Å². The number of ether oxygens (including phenoxy) is 1. The third-order valence-electron chi connectivity index (χ3n) is 4.84. The summed E-state index contributed by atoms with van der Waals surface area (Å²) in [4.78, 5) is 13.3. The summed E-state index contributed by atoms with van der Waals surface area (Å²) >= 11 is 6.40. The molecule has 0 fully saturated rings. The van der Waals surface area contributed by atoms with E-state index < -0.39 is 0 Å². The molecule has 160 valence electrons. The van der Waals surface area contributed by atoms with Crippen molar-refractivity contribution in [3.05, 3.63) is 65.6 Å². The van der Waals surface area contributed by atoms with Crippen molar-refractivity contribution in [1.29, 1.82) is 0 Å². The second-order valence-electron chi connectivity index (χ2n) is 7.09. The van der Waals surface area contributed by atoms with Crippen LogP contribution < -0.4 is 15.4 Å². The zero-order valence-electron chi connectivity index (χ0n) is 17.2. The topological polar surface area (TPSA) is 96.6 Å². The molecule has 3 aromatic heterocycles. The number of hydrogen-bond donors (Lipinski definition) is 3. The van der Waals surface area contributed by atoms with Gasteiger partial charge in [0.2, 0.25) is 5.95 Å². The van der Waals surface area contributed by atoms with Gasteiger partial charge in [-0.3, -0.25) is 4.40 Å². The van der Waals surface area contributed by atoms with E-state index in [1.165, 1.54) is 0 Å². The summed E-state index contributed by atoms with van der Waals surface area (Å²) in [6, 6.07) is 11.6. The molecule has 0 unspecified atom stereocenters. The van der Waals surface area contributed by atoms with Gasteiger partial charge in [-0.25, -0.2) is 15.0 Å². The Hall–Kier alpha value is -3.20. The summed E-state index contributed by atoms with van der Waals surface area (Å²) in [7, 11) is 1.61. The van der Waals surface area contributed by atoms with Crippen LogP contribution >= 0.6 is 11.6 Å². The number of nitrogens with zero attached hydrogens (tertiary/aromatic N) is 4. The van der Waals surface area contributed by atoms with Gasteiger partial charge < -0.3 is 20.5 Å². The zero-order valence-corrected chi connectivity index (χ0v) is 18.0. The number of aliphatic hydroxyl groups is 1. The first kappa shape index (κ1) is 21.0. The van der Waals surface area contributed by atoms with E-state index in [2.05, 4.69) is 25.6 Å². The summed E-state index contributed by atoms with van der Waals surface area (Å²) in [5.41, 5.74) is 3.93. The maximum Gasteiger partial charge on any atom is 0.227 e. The van der Waals surface area contributed by atoms with Crippen LogP contribution in [-0.2, 0) is 6.54 Å². The highest BCUT2D eigenvalue weighted by molar-refractivity contribution is 6.32. The molecule has 0 spiro atoms. The molecule has 4 aromatic rings. The number of aromatic nitrogens is 4. The van der Waals surface area contributed by atoms with Gasteiger partial charge in [0.05, 0.1) is 42.5 Å². The average Bonchev–Trinajstić information content (AvgIpc) is 3.23. The molecule has 0 aliphatic heterocycles. The summed E-state index contributed by atoms with van der Waals surface area (Å²) in [5, 5.41) is 16.0. The number of methoxy groups -OCH3 is 1. The fourth-order valence-electron chi connectivity index (χ4n) is 3.14. The SMILES string of the molecule is COc1cc(CN[C@H](C)CO)ccc1Nc1ncc(Cl)c(-c2cnc3ccccn23)n1. The lowest BCUT2D eigenvalue weighted by molar-refractivity contribution is 0.251. The molecular formula is C22H23ClN6O2. The van der Waals surface area contributed by atoms with E-state index in [9.17, 15) is 0 Å². The smallest absolute Gasteiger partial charge is 0.227 e. The highest BCUT2D eigenvalue weighted by atomic mass is 35.5. The fraction of sp³-hybridized carbons (Fsp3) is 0.227. The molecule has 4 rings (SSSR count). The molecule has 0 saturated heterocycles. The van der Waals surface area contributed by atoms with Gasteiger partial charge in [-0.15, -0.1) is 0 Å². The summed E-state index contributed by atoms with van der Waals surface area (Å²) < 4.78 is 7.46. The highest BCUT2D eigenvalue weighted by Crippen LogP contribution is 2.31. The second kappa shape index (κ2) is 9.30. The van der Waals surface area contributed by atoms with E-state index in [4.69, 9.17) is 21.4 Å². The number of imidazole rings is 1. The number of fused-ring (bicyclic) bond motifs is 1. The lowest BCUT2D eigenvalue weighted by Gasteiger charge is -2.14. The van der Waals surface area contributed by atoms with Crippen molar-refractivity contribution in [1.82, 2.24) is 24.7 Å². The minimum Gasteiger partial charge on any atom is -0.495 e. The predicted molar refractivity (Wildman–Crippen MR) is 121 cm³/mol. The molecule has 3 heterocycles. The lowest BCUT2D eigenvalue weighted by Crippen LogP contribution is -2.28. The van der Waals surface area contributed by atoms with E-state index in [0.29, 0.717) is 29.0 Å². The van der Waals surface area contributed by atoms with E-state index >= 15 is 0 Å². The molecule has 9 heteroatoms. The molecule has 8 nitrogen and oxygen atoms in total. The number of nitrogens with one attached hydrogen (secondary N) is 2. The molecule has 0 aliphatic carbocycles. The summed E-state index contributed by atoms with van der Waals surface area (Å²) in [6.07, 6.45) is 5.22. The Morgan fingerprint density at radius 2 is 2.06 bits per heavy atom. The van der Waals surface area contributed by atoms with Crippen LogP contribution in [0.2, 0.25) is 5.02 Å². The van der Waals surface area contributed by atoms with Crippen LogP contribution in [0.1, 0.15) is 12.5 Å². The summed E-state index contributed by atoms with van der Waals surface area (Å²) in [5.74, 6) is 1.05. The molecule has 1 atom stereocenters. The molecule has 3 N–H and O–H groups in total. The fourth-order valence-corrected chi connectivity index (χ4v) is 3.33. The largest absolute Gasteiger partial charge is 0.495 e. The van der Waals surface area contributed by atoms with E-state index in [-0.39, 0.29) is 12.6 Å². The van der Waals surface area contributed by atoms with Gasteiger partial charge in [0.1, 0.15) is 17.1 Å². The van der Waals surface area contributed by atoms with Crippen LogP contribution in [0.4, 0.5) is 11.6 Å².